The zero-order valence-corrected chi connectivity index (χ0v) is 14.6. The van der Waals surface area contributed by atoms with Crippen molar-refractivity contribution in [2.45, 2.75) is 25.7 Å². The van der Waals surface area contributed by atoms with Gasteiger partial charge in [-0.25, -0.2) is 0 Å². The van der Waals surface area contributed by atoms with Crippen LogP contribution < -0.4 is 5.32 Å². The maximum Gasteiger partial charge on any atom is 0.315 e. The molecule has 0 saturated heterocycles. The van der Waals surface area contributed by atoms with Crippen molar-refractivity contribution in [2.75, 3.05) is 6.54 Å². The molecule has 2 aromatic rings. The van der Waals surface area contributed by atoms with Crippen molar-refractivity contribution in [3.05, 3.63) is 75.3 Å². The van der Waals surface area contributed by atoms with Gasteiger partial charge in [0, 0.05) is 23.7 Å². The summed E-state index contributed by atoms with van der Waals surface area (Å²) < 4.78 is 0. The molecule has 1 atom stereocenters. The number of aryl methyl sites for hydroxylation is 1. The van der Waals surface area contributed by atoms with E-state index in [9.17, 15) is 24.8 Å². The molecule has 0 fully saturated rings. The number of nitrogens with zero attached hydrogens (tertiary/aromatic N) is 1. The van der Waals surface area contributed by atoms with Gasteiger partial charge in [-0.15, -0.1) is 0 Å². The first-order chi connectivity index (χ1) is 12.3. The van der Waals surface area contributed by atoms with Gasteiger partial charge in [0.05, 0.1) is 4.92 Å². The Labute approximate surface area is 150 Å². The van der Waals surface area contributed by atoms with Crippen LogP contribution in [0.4, 0.5) is 5.69 Å². The summed E-state index contributed by atoms with van der Waals surface area (Å²) in [7, 11) is 0. The molecule has 0 saturated carbocycles. The monoisotopic (exact) mass is 356 g/mol. The van der Waals surface area contributed by atoms with Gasteiger partial charge in [0.2, 0.25) is 0 Å². The fourth-order valence-electron chi connectivity index (χ4n) is 2.64. The highest BCUT2D eigenvalue weighted by Crippen LogP contribution is 2.24. The van der Waals surface area contributed by atoms with Crippen molar-refractivity contribution in [2.24, 2.45) is 0 Å². The molecule has 2 rings (SSSR count). The highest BCUT2D eigenvalue weighted by Gasteiger charge is 2.35. The quantitative estimate of drug-likeness (QED) is 0.585. The first-order valence-electron chi connectivity index (χ1n) is 8.14. The highest BCUT2D eigenvalue weighted by molar-refractivity contribution is 5.95. The molecule has 0 aliphatic carbocycles. The van der Waals surface area contributed by atoms with Crippen molar-refractivity contribution in [3.8, 4) is 0 Å². The highest BCUT2D eigenvalue weighted by atomic mass is 16.6. The van der Waals surface area contributed by atoms with Crippen LogP contribution >= 0.6 is 0 Å². The van der Waals surface area contributed by atoms with E-state index in [4.69, 9.17) is 0 Å². The van der Waals surface area contributed by atoms with E-state index in [2.05, 4.69) is 5.32 Å². The number of nitro benzene ring substituents is 1. The summed E-state index contributed by atoms with van der Waals surface area (Å²) >= 11 is 0. The molecule has 26 heavy (non-hydrogen) atoms. The average Bonchev–Trinajstić information content (AvgIpc) is 2.65. The van der Waals surface area contributed by atoms with Crippen molar-refractivity contribution in [1.82, 2.24) is 5.32 Å². The van der Waals surface area contributed by atoms with Crippen LogP contribution in [0.25, 0.3) is 0 Å². The second kappa shape index (κ2) is 7.77. The van der Waals surface area contributed by atoms with Crippen LogP contribution in [0.5, 0.6) is 0 Å². The molecule has 2 N–H and O–H groups in total. The molecule has 7 nitrogen and oxygen atoms in total. The predicted octanol–water partition coefficient (Wildman–Crippen LogP) is 2.93. The van der Waals surface area contributed by atoms with Crippen molar-refractivity contribution in [1.29, 1.82) is 0 Å². The van der Waals surface area contributed by atoms with Gasteiger partial charge in [-0.1, -0.05) is 43.3 Å². The number of aliphatic carboxylic acids is 1. The van der Waals surface area contributed by atoms with Gasteiger partial charge in [-0.05, 0) is 25.0 Å². The van der Waals surface area contributed by atoms with Gasteiger partial charge in [-0.3, -0.25) is 19.7 Å². The number of nitrogens with one attached hydrogen (secondary N) is 1. The Morgan fingerprint density at radius 3 is 2.38 bits per heavy atom. The van der Waals surface area contributed by atoms with Crippen molar-refractivity contribution < 1.29 is 19.6 Å². The number of carbonyl (C=O) groups is 2. The Morgan fingerprint density at radius 1 is 1.19 bits per heavy atom. The molecule has 2 aromatic carbocycles. The number of rotatable bonds is 7. The van der Waals surface area contributed by atoms with Crippen LogP contribution in [-0.2, 0) is 16.6 Å². The maximum absolute atomic E-state index is 12.4. The topological polar surface area (TPSA) is 110 Å². The fourth-order valence-corrected chi connectivity index (χ4v) is 2.64. The van der Waals surface area contributed by atoms with E-state index in [-0.39, 0.29) is 17.8 Å². The van der Waals surface area contributed by atoms with E-state index >= 15 is 0 Å². The SMILES string of the molecule is CCc1ccc(C(=O)NCC(C)(C(=O)O)c2ccccc2)cc1[N+](=O)[O-]. The minimum atomic E-state index is -1.31. The number of hydrogen-bond acceptors (Lipinski definition) is 4. The van der Waals surface area contributed by atoms with E-state index < -0.39 is 22.2 Å². The van der Waals surface area contributed by atoms with Gasteiger partial charge >= 0.3 is 5.97 Å². The van der Waals surface area contributed by atoms with Crippen LogP contribution in [0.3, 0.4) is 0 Å². The molecule has 0 aliphatic heterocycles. The van der Waals surface area contributed by atoms with E-state index in [1.54, 1.807) is 43.3 Å². The van der Waals surface area contributed by atoms with Crippen molar-refractivity contribution >= 4 is 17.6 Å². The lowest BCUT2D eigenvalue weighted by molar-refractivity contribution is -0.385. The molecule has 0 aliphatic rings. The number of amides is 1. The van der Waals surface area contributed by atoms with E-state index in [0.29, 0.717) is 17.5 Å². The summed E-state index contributed by atoms with van der Waals surface area (Å²) in [6.07, 6.45) is 0.476. The van der Waals surface area contributed by atoms with Gasteiger partial charge in [0.25, 0.3) is 11.6 Å². The Bertz CT molecular complexity index is 835. The fraction of sp³-hybridized carbons (Fsp3) is 0.263. The van der Waals surface area contributed by atoms with Gasteiger partial charge in [-0.2, -0.15) is 0 Å². The Kier molecular flexibility index (Phi) is 5.71. The number of benzene rings is 2. The molecule has 0 aromatic heterocycles. The third-order valence-electron chi connectivity index (χ3n) is 4.41. The first kappa shape index (κ1) is 19.1. The molecule has 0 bridgehead atoms. The molecule has 0 heterocycles. The molecule has 7 heteroatoms. The summed E-state index contributed by atoms with van der Waals surface area (Å²) in [5.41, 5.74) is -0.225. The van der Waals surface area contributed by atoms with Gasteiger partial charge < -0.3 is 10.4 Å². The molecule has 0 spiro atoms. The zero-order chi connectivity index (χ0) is 19.3. The molecule has 0 radical (unpaired) electrons. The van der Waals surface area contributed by atoms with E-state index in [0.717, 1.165) is 0 Å². The summed E-state index contributed by atoms with van der Waals surface area (Å²) in [6.45, 7) is 3.17. The summed E-state index contributed by atoms with van der Waals surface area (Å²) in [4.78, 5) is 34.8. The lowest BCUT2D eigenvalue weighted by Gasteiger charge is -2.25. The Balaban J connectivity index is 2.23. The van der Waals surface area contributed by atoms with Crippen LogP contribution in [-0.4, -0.2) is 28.5 Å². The summed E-state index contributed by atoms with van der Waals surface area (Å²) in [5, 5.41) is 23.3. The minimum Gasteiger partial charge on any atom is -0.481 e. The number of carboxylic acids is 1. The second-order valence-electron chi connectivity index (χ2n) is 6.14. The Hall–Kier alpha value is -3.22. The second-order valence-corrected chi connectivity index (χ2v) is 6.14. The summed E-state index contributed by atoms with van der Waals surface area (Å²) in [6, 6.07) is 12.9. The number of nitro groups is 1. The first-order valence-corrected chi connectivity index (χ1v) is 8.14. The number of hydrogen-bond donors (Lipinski definition) is 2. The van der Waals surface area contributed by atoms with E-state index in [1.165, 1.54) is 19.1 Å². The lowest BCUT2D eigenvalue weighted by Crippen LogP contribution is -2.44. The van der Waals surface area contributed by atoms with Crippen molar-refractivity contribution in [3.63, 3.8) is 0 Å². The number of carboxylic acid groups (broad SMARTS) is 1. The third kappa shape index (κ3) is 3.88. The van der Waals surface area contributed by atoms with E-state index in [1.807, 2.05) is 0 Å². The average molecular weight is 356 g/mol. The molecule has 1 amide bonds. The van der Waals surface area contributed by atoms with Crippen LogP contribution in [0.15, 0.2) is 48.5 Å². The maximum atomic E-state index is 12.4. The molecular formula is C19H20N2O5. The third-order valence-corrected chi connectivity index (χ3v) is 4.41. The van der Waals surface area contributed by atoms with Crippen LogP contribution in [0.2, 0.25) is 0 Å². The predicted molar refractivity (Wildman–Crippen MR) is 96.2 cm³/mol. The lowest BCUT2D eigenvalue weighted by atomic mass is 9.82. The molecule has 1 unspecified atom stereocenters. The van der Waals surface area contributed by atoms with Crippen LogP contribution in [0.1, 0.15) is 35.3 Å². The smallest absolute Gasteiger partial charge is 0.315 e. The molecular weight excluding hydrogens is 336 g/mol. The summed E-state index contributed by atoms with van der Waals surface area (Å²) in [5.74, 6) is -1.63. The number of carbonyl (C=O) groups excluding carboxylic acids is 1. The van der Waals surface area contributed by atoms with Crippen LogP contribution in [0, 0.1) is 10.1 Å². The standard InChI is InChI=1S/C19H20N2O5/c1-3-13-9-10-14(11-16(13)21(25)26)17(22)20-12-19(2,18(23)24)15-7-5-4-6-8-15/h4-11H,3,12H2,1-2H3,(H,20,22)(H,23,24). The minimum absolute atomic E-state index is 0.120. The largest absolute Gasteiger partial charge is 0.481 e. The molecule has 136 valence electrons. The Morgan fingerprint density at radius 2 is 1.85 bits per heavy atom. The normalized spacial score (nSPS) is 12.8. The van der Waals surface area contributed by atoms with Gasteiger partial charge in [0.1, 0.15) is 5.41 Å². The zero-order valence-electron chi connectivity index (χ0n) is 14.6. The van der Waals surface area contributed by atoms with Gasteiger partial charge in [0.15, 0.2) is 0 Å².